The maximum absolute atomic E-state index is 14.0. The molecular formula is C42H70N2O12. The van der Waals surface area contributed by atoms with Gasteiger partial charge < -0.3 is 53.8 Å². The zero-order chi connectivity index (χ0) is 42.1. The fourth-order valence-corrected chi connectivity index (χ4v) is 8.01. The van der Waals surface area contributed by atoms with E-state index in [1.165, 1.54) is 6.92 Å². The highest BCUT2D eigenvalue weighted by molar-refractivity contribution is 5.88. The van der Waals surface area contributed by atoms with Gasteiger partial charge in [0.1, 0.15) is 36.3 Å². The Morgan fingerprint density at radius 3 is 2.25 bits per heavy atom. The highest BCUT2D eigenvalue weighted by Gasteiger charge is 2.52. The predicted molar refractivity (Wildman–Crippen MR) is 211 cm³/mol. The van der Waals surface area contributed by atoms with Gasteiger partial charge in [-0.1, -0.05) is 64.9 Å². The zero-order valence-corrected chi connectivity index (χ0v) is 35.6. The first-order valence-corrected chi connectivity index (χ1v) is 20.2. The summed E-state index contributed by atoms with van der Waals surface area (Å²) < 4.78 is 30.6. The van der Waals surface area contributed by atoms with Gasteiger partial charge in [-0.3, -0.25) is 9.59 Å². The number of likely N-dealkylation sites (N-methyl/N-ethyl adjacent to an activating group) is 1. The lowest BCUT2D eigenvalue weighted by Crippen LogP contribution is -2.60. The summed E-state index contributed by atoms with van der Waals surface area (Å²) >= 11 is 0. The molecule has 1 aromatic carbocycles. The van der Waals surface area contributed by atoms with Crippen molar-refractivity contribution in [3.8, 4) is 5.75 Å². The number of carbonyl (C=O) groups is 2. The topological polar surface area (TPSA) is 186 Å². The van der Waals surface area contributed by atoms with Crippen molar-refractivity contribution in [2.75, 3.05) is 27.3 Å². The fraction of sp³-hybridized carbons (Fsp3) is 0.786. The van der Waals surface area contributed by atoms with Gasteiger partial charge in [-0.15, -0.1) is 0 Å². The molecule has 0 spiro atoms. The molecule has 0 radical (unpaired) electrons. The van der Waals surface area contributed by atoms with Crippen LogP contribution in [0.5, 0.6) is 5.75 Å². The average molecular weight is 795 g/mol. The van der Waals surface area contributed by atoms with Gasteiger partial charge in [-0.2, -0.15) is 0 Å². The predicted octanol–water partition coefficient (Wildman–Crippen LogP) is 4.34. The second kappa shape index (κ2) is 20.7. The van der Waals surface area contributed by atoms with Crippen LogP contribution in [0.25, 0.3) is 0 Å². The van der Waals surface area contributed by atoms with E-state index in [4.69, 9.17) is 28.5 Å². The number of rotatable bonds is 12. The van der Waals surface area contributed by atoms with Crippen LogP contribution in [0.4, 0.5) is 0 Å². The monoisotopic (exact) mass is 794 g/mol. The summed E-state index contributed by atoms with van der Waals surface area (Å²) in [6.45, 7) is 17.3. The minimum absolute atomic E-state index is 0.0170. The third-order valence-electron chi connectivity index (χ3n) is 11.4. The number of para-hydroxylation sites is 1. The molecule has 56 heavy (non-hydrogen) atoms. The van der Waals surface area contributed by atoms with Crippen LogP contribution < -0.4 is 4.74 Å². The average Bonchev–Trinajstić information content (AvgIpc) is 3.13. The molecule has 0 saturated carbocycles. The van der Waals surface area contributed by atoms with Crippen LogP contribution in [0.2, 0.25) is 0 Å². The molecule has 0 amide bonds. The number of carbonyl (C=O) groups excluding carboxylic acids is 2. The Kier molecular flexibility index (Phi) is 17.6. The zero-order valence-electron chi connectivity index (χ0n) is 35.6. The molecule has 2 saturated heterocycles. The van der Waals surface area contributed by atoms with Crippen LogP contribution in [0.1, 0.15) is 94.9 Å². The third-order valence-corrected chi connectivity index (χ3v) is 11.4. The smallest absolute Gasteiger partial charge is 0.312 e. The number of benzene rings is 1. The van der Waals surface area contributed by atoms with Crippen molar-refractivity contribution in [3.63, 3.8) is 0 Å². The lowest BCUT2D eigenvalue weighted by atomic mass is 9.73. The molecule has 2 aliphatic rings. The molecule has 0 aliphatic carbocycles. The Morgan fingerprint density at radius 2 is 1.66 bits per heavy atom. The molecule has 4 N–H and O–H groups in total. The quantitative estimate of drug-likeness (QED) is 0.133. The van der Waals surface area contributed by atoms with E-state index < -0.39 is 89.5 Å². The summed E-state index contributed by atoms with van der Waals surface area (Å²) in [6.07, 6.45) is -6.44. The number of aliphatic hydroxyl groups excluding tert-OH is 2. The summed E-state index contributed by atoms with van der Waals surface area (Å²) in [5.74, 6) is -4.58. The first-order chi connectivity index (χ1) is 26.1. The molecule has 2 fully saturated rings. The van der Waals surface area contributed by atoms with Gasteiger partial charge in [0.2, 0.25) is 0 Å². The Bertz CT molecular complexity index is 1410. The molecule has 0 aromatic heterocycles. The highest BCUT2D eigenvalue weighted by Crippen LogP contribution is 2.39. The summed E-state index contributed by atoms with van der Waals surface area (Å²) in [7, 11) is 3.71. The summed E-state index contributed by atoms with van der Waals surface area (Å²) in [5.41, 5.74) is -3.36. The number of cyclic esters (lactones) is 1. The lowest BCUT2D eigenvalue weighted by molar-refractivity contribution is -0.299. The van der Waals surface area contributed by atoms with Crippen molar-refractivity contribution in [2.24, 2.45) is 34.7 Å². The van der Waals surface area contributed by atoms with Gasteiger partial charge in [0.25, 0.3) is 0 Å². The normalized spacial score (nSPS) is 38.5. The molecular weight excluding hydrogens is 724 g/mol. The van der Waals surface area contributed by atoms with Crippen LogP contribution in [0, 0.1) is 29.6 Å². The molecule has 2 heterocycles. The maximum Gasteiger partial charge on any atom is 0.312 e. The van der Waals surface area contributed by atoms with Gasteiger partial charge in [0.15, 0.2) is 6.29 Å². The van der Waals surface area contributed by atoms with Crippen molar-refractivity contribution in [1.29, 1.82) is 0 Å². The van der Waals surface area contributed by atoms with Crippen LogP contribution in [0.3, 0.4) is 0 Å². The van der Waals surface area contributed by atoms with Crippen molar-refractivity contribution < 1.29 is 58.5 Å². The number of esters is 2. The number of ether oxygens (including phenoxy) is 5. The SMILES string of the molecule is CC[C@@H]1OC(=O)[C@H](C)[C@@H](OC(=O)C(C)C)[C@H](C)[C@@H](O[C@@H]2O[C@H](C)C[C@H](N(C)C)[C@H]2O)C(C)(O)C[C@@H](C)/C(=N\OCCCOc2ccccc2)[C@@H](C)[C@@H](O)[C@]1(C)O. The Labute approximate surface area is 333 Å². The lowest BCUT2D eigenvalue weighted by Gasteiger charge is -2.47. The van der Waals surface area contributed by atoms with Gasteiger partial charge in [-0.05, 0) is 73.2 Å². The first-order valence-electron chi connectivity index (χ1n) is 20.2. The van der Waals surface area contributed by atoms with Gasteiger partial charge in [0.05, 0.1) is 48.1 Å². The molecule has 2 aliphatic heterocycles. The van der Waals surface area contributed by atoms with E-state index in [2.05, 4.69) is 5.16 Å². The number of oxime groups is 1. The van der Waals surface area contributed by atoms with E-state index in [9.17, 15) is 30.0 Å². The minimum atomic E-state index is -1.95. The van der Waals surface area contributed by atoms with Crippen LogP contribution in [-0.4, -0.2) is 130 Å². The van der Waals surface area contributed by atoms with E-state index in [-0.39, 0.29) is 31.6 Å². The highest BCUT2D eigenvalue weighted by atomic mass is 16.7. The second-order valence-electron chi connectivity index (χ2n) is 17.0. The van der Waals surface area contributed by atoms with Gasteiger partial charge in [0, 0.05) is 30.2 Å². The van der Waals surface area contributed by atoms with Crippen LogP contribution >= 0.6 is 0 Å². The van der Waals surface area contributed by atoms with Crippen molar-refractivity contribution >= 4 is 17.7 Å². The molecule has 3 rings (SSSR count). The number of nitrogens with zero attached hydrogens (tertiary/aromatic N) is 2. The summed E-state index contributed by atoms with van der Waals surface area (Å²) in [6, 6.07) is 9.06. The van der Waals surface area contributed by atoms with E-state index in [1.807, 2.05) is 63.2 Å². The van der Waals surface area contributed by atoms with Gasteiger partial charge in [-0.25, -0.2) is 0 Å². The van der Waals surface area contributed by atoms with Gasteiger partial charge >= 0.3 is 11.9 Å². The van der Waals surface area contributed by atoms with E-state index >= 15 is 0 Å². The van der Waals surface area contributed by atoms with Crippen LogP contribution in [0.15, 0.2) is 35.5 Å². The maximum atomic E-state index is 14.0. The molecule has 14 nitrogen and oxygen atoms in total. The Hall–Kier alpha value is -2.85. The Balaban J connectivity index is 2.11. The van der Waals surface area contributed by atoms with Crippen molar-refractivity contribution in [3.05, 3.63) is 30.3 Å². The van der Waals surface area contributed by atoms with Crippen molar-refractivity contribution in [2.45, 2.75) is 155 Å². The van der Waals surface area contributed by atoms with Crippen molar-refractivity contribution in [1.82, 2.24) is 4.90 Å². The number of hydrogen-bond acceptors (Lipinski definition) is 14. The second-order valence-corrected chi connectivity index (χ2v) is 17.0. The fourth-order valence-electron chi connectivity index (χ4n) is 8.01. The minimum Gasteiger partial charge on any atom is -0.493 e. The molecule has 1 aromatic rings. The van der Waals surface area contributed by atoms with Crippen LogP contribution in [-0.2, 0) is 33.4 Å². The molecule has 320 valence electrons. The molecule has 14 atom stereocenters. The third kappa shape index (κ3) is 12.1. The largest absolute Gasteiger partial charge is 0.493 e. The number of aliphatic hydroxyl groups is 4. The first kappa shape index (κ1) is 47.5. The Morgan fingerprint density at radius 1 is 1.02 bits per heavy atom. The van der Waals surface area contributed by atoms with E-state index in [0.717, 1.165) is 5.75 Å². The van der Waals surface area contributed by atoms with E-state index in [1.54, 1.807) is 48.5 Å². The molecule has 1 unspecified atom stereocenters. The molecule has 0 bridgehead atoms. The standard InChI is InChI=1S/C42H70N2O12/c1-13-32-42(10,50)36(46)27(6)33(43-52-21-17-20-51-30-18-15-14-16-19-30)25(4)23-41(9,49)37(56-40-34(45)31(44(11)12)22-26(5)53-40)28(7)35(29(8)39(48)54-32)55-38(47)24(2)3/h14-16,18-19,24-29,31-32,34-37,40,45-46,49-50H,13,17,20-23H2,1-12H3/b43-33+/t25-,26-,27-,28+,29-,31+,32+,34-,35+,36-,37-,40+,41?,42-/m1/s1. The molecule has 14 heteroatoms. The summed E-state index contributed by atoms with van der Waals surface area (Å²) in [4.78, 5) is 34.9. The van der Waals surface area contributed by atoms with E-state index in [0.29, 0.717) is 25.2 Å². The number of hydrogen-bond donors (Lipinski definition) is 4. The summed E-state index contributed by atoms with van der Waals surface area (Å²) in [5, 5.41) is 52.3.